The van der Waals surface area contributed by atoms with E-state index in [0.717, 1.165) is 22.7 Å². The predicted molar refractivity (Wildman–Crippen MR) is 130 cm³/mol. The molecule has 8 heteroatoms. The number of methoxy groups -OCH3 is 1. The molecule has 1 aliphatic heterocycles. The number of carbonyl (C=O) groups is 2. The zero-order chi connectivity index (χ0) is 24.2. The third-order valence-electron chi connectivity index (χ3n) is 5.92. The SMILES string of the molecule is COc1ccc([C@@H]2CN(C(=O)c3cccc(Nc4cc(C)nc(C)n4)c3)CCN2C(C)=O)cc1. The Morgan fingerprint density at radius 2 is 1.79 bits per heavy atom. The highest BCUT2D eigenvalue weighted by Crippen LogP contribution is 2.28. The fraction of sp³-hybridized carbons (Fsp3) is 0.308. The smallest absolute Gasteiger partial charge is 0.254 e. The van der Waals surface area contributed by atoms with E-state index >= 15 is 0 Å². The first-order chi connectivity index (χ1) is 16.3. The molecule has 0 spiro atoms. The van der Waals surface area contributed by atoms with Crippen molar-refractivity contribution in [2.75, 3.05) is 32.1 Å². The van der Waals surface area contributed by atoms with Crippen molar-refractivity contribution in [3.8, 4) is 5.75 Å². The van der Waals surface area contributed by atoms with Gasteiger partial charge in [0.2, 0.25) is 5.91 Å². The molecule has 2 amide bonds. The summed E-state index contributed by atoms with van der Waals surface area (Å²) in [6.07, 6.45) is 0. The second-order valence-corrected chi connectivity index (χ2v) is 8.40. The molecular formula is C26H29N5O3. The van der Waals surface area contributed by atoms with Crippen molar-refractivity contribution in [3.63, 3.8) is 0 Å². The van der Waals surface area contributed by atoms with Gasteiger partial charge in [-0.15, -0.1) is 0 Å². The van der Waals surface area contributed by atoms with Gasteiger partial charge in [-0.25, -0.2) is 9.97 Å². The van der Waals surface area contributed by atoms with E-state index in [1.54, 1.807) is 14.0 Å². The average Bonchev–Trinajstić information content (AvgIpc) is 2.82. The minimum absolute atomic E-state index is 0.00504. The summed E-state index contributed by atoms with van der Waals surface area (Å²) in [7, 11) is 1.62. The first kappa shape index (κ1) is 23.2. The molecule has 2 heterocycles. The summed E-state index contributed by atoms with van der Waals surface area (Å²) < 4.78 is 5.26. The van der Waals surface area contributed by atoms with Gasteiger partial charge in [-0.3, -0.25) is 9.59 Å². The number of anilines is 2. The van der Waals surface area contributed by atoms with Gasteiger partial charge in [0.25, 0.3) is 5.91 Å². The molecule has 34 heavy (non-hydrogen) atoms. The lowest BCUT2D eigenvalue weighted by Crippen LogP contribution is -2.51. The molecule has 176 valence electrons. The molecule has 3 aromatic rings. The number of piperazine rings is 1. The summed E-state index contributed by atoms with van der Waals surface area (Å²) in [5.74, 6) is 2.04. The molecule has 0 bridgehead atoms. The highest BCUT2D eigenvalue weighted by molar-refractivity contribution is 5.95. The predicted octanol–water partition coefficient (Wildman–Crippen LogP) is 3.89. The number of ether oxygens (including phenoxy) is 1. The van der Waals surface area contributed by atoms with E-state index in [1.165, 1.54) is 0 Å². The first-order valence-electron chi connectivity index (χ1n) is 11.2. The quantitative estimate of drug-likeness (QED) is 0.623. The molecule has 2 aromatic carbocycles. The maximum Gasteiger partial charge on any atom is 0.254 e. The molecule has 0 aliphatic carbocycles. The van der Waals surface area contributed by atoms with Crippen LogP contribution in [0.3, 0.4) is 0 Å². The minimum Gasteiger partial charge on any atom is -0.497 e. The van der Waals surface area contributed by atoms with Gasteiger partial charge in [-0.2, -0.15) is 0 Å². The van der Waals surface area contributed by atoms with E-state index in [1.807, 2.05) is 78.2 Å². The third kappa shape index (κ3) is 5.17. The van der Waals surface area contributed by atoms with Crippen LogP contribution in [0, 0.1) is 13.8 Å². The van der Waals surface area contributed by atoms with Crippen LogP contribution in [0.15, 0.2) is 54.6 Å². The van der Waals surface area contributed by atoms with Crippen LogP contribution in [-0.2, 0) is 4.79 Å². The number of nitrogens with zero attached hydrogens (tertiary/aromatic N) is 4. The summed E-state index contributed by atoms with van der Waals surface area (Å²) in [5.41, 5.74) is 3.20. The second kappa shape index (κ2) is 9.91. The Labute approximate surface area is 199 Å². The van der Waals surface area contributed by atoms with Gasteiger partial charge in [0.1, 0.15) is 17.4 Å². The Morgan fingerprint density at radius 1 is 1.03 bits per heavy atom. The minimum atomic E-state index is -0.214. The van der Waals surface area contributed by atoms with Gasteiger partial charge in [0, 0.05) is 49.6 Å². The first-order valence-corrected chi connectivity index (χ1v) is 11.2. The number of aromatic nitrogens is 2. The molecule has 1 aliphatic rings. The van der Waals surface area contributed by atoms with Crippen molar-refractivity contribution in [1.82, 2.24) is 19.8 Å². The van der Waals surface area contributed by atoms with Gasteiger partial charge in [0.15, 0.2) is 0 Å². The molecule has 1 aromatic heterocycles. The molecular weight excluding hydrogens is 430 g/mol. The zero-order valence-electron chi connectivity index (χ0n) is 19.9. The Morgan fingerprint density at radius 3 is 2.47 bits per heavy atom. The van der Waals surface area contributed by atoms with Gasteiger partial charge in [-0.05, 0) is 49.7 Å². The van der Waals surface area contributed by atoms with E-state index in [2.05, 4.69) is 15.3 Å². The number of carbonyl (C=O) groups excluding carboxylic acids is 2. The van der Waals surface area contributed by atoms with Crippen molar-refractivity contribution in [2.45, 2.75) is 26.8 Å². The lowest BCUT2D eigenvalue weighted by molar-refractivity contribution is -0.133. The summed E-state index contributed by atoms with van der Waals surface area (Å²) in [4.78, 5) is 38.1. The van der Waals surface area contributed by atoms with Crippen molar-refractivity contribution in [3.05, 3.63) is 77.2 Å². The molecule has 1 fully saturated rings. The van der Waals surface area contributed by atoms with Crippen LogP contribution in [-0.4, -0.2) is 58.3 Å². The van der Waals surface area contributed by atoms with Crippen LogP contribution in [0.2, 0.25) is 0 Å². The number of hydrogen-bond donors (Lipinski definition) is 1. The Kier molecular flexibility index (Phi) is 6.77. The fourth-order valence-corrected chi connectivity index (χ4v) is 4.30. The molecule has 1 N–H and O–H groups in total. The van der Waals surface area contributed by atoms with Crippen molar-refractivity contribution < 1.29 is 14.3 Å². The average molecular weight is 460 g/mol. The van der Waals surface area contributed by atoms with Gasteiger partial charge in [-0.1, -0.05) is 18.2 Å². The number of aryl methyl sites for hydroxylation is 2. The second-order valence-electron chi connectivity index (χ2n) is 8.40. The van der Waals surface area contributed by atoms with Crippen LogP contribution in [0.5, 0.6) is 5.75 Å². The Balaban J connectivity index is 1.54. The van der Waals surface area contributed by atoms with E-state index in [4.69, 9.17) is 4.74 Å². The van der Waals surface area contributed by atoms with Gasteiger partial charge >= 0.3 is 0 Å². The van der Waals surface area contributed by atoms with Crippen LogP contribution in [0.1, 0.15) is 40.4 Å². The number of rotatable bonds is 5. The summed E-state index contributed by atoms with van der Waals surface area (Å²) in [6, 6.07) is 16.7. The van der Waals surface area contributed by atoms with Crippen LogP contribution in [0.25, 0.3) is 0 Å². The van der Waals surface area contributed by atoms with Gasteiger partial charge in [0.05, 0.1) is 13.2 Å². The maximum absolute atomic E-state index is 13.4. The normalized spacial score (nSPS) is 15.7. The zero-order valence-corrected chi connectivity index (χ0v) is 19.9. The van der Waals surface area contributed by atoms with E-state index < -0.39 is 0 Å². The molecule has 0 unspecified atom stereocenters. The van der Waals surface area contributed by atoms with Crippen molar-refractivity contribution in [2.24, 2.45) is 0 Å². The Hall–Kier alpha value is -3.94. The number of amides is 2. The number of benzene rings is 2. The Bertz CT molecular complexity index is 1180. The third-order valence-corrected chi connectivity index (χ3v) is 5.92. The summed E-state index contributed by atoms with van der Waals surface area (Å²) in [6.45, 7) is 6.71. The largest absolute Gasteiger partial charge is 0.497 e. The van der Waals surface area contributed by atoms with Crippen LogP contribution in [0.4, 0.5) is 11.5 Å². The molecule has 8 nitrogen and oxygen atoms in total. The lowest BCUT2D eigenvalue weighted by atomic mass is 10.0. The molecule has 1 saturated heterocycles. The standard InChI is InChI=1S/C26H29N5O3/c1-17-14-25(28-18(2)27-17)29-22-7-5-6-21(15-22)26(33)30-12-13-31(19(3)32)24(16-30)20-8-10-23(34-4)11-9-20/h5-11,14-15,24H,12-13,16H2,1-4H3,(H,27,28,29)/t24-/m0/s1. The monoisotopic (exact) mass is 459 g/mol. The van der Waals surface area contributed by atoms with E-state index in [-0.39, 0.29) is 17.9 Å². The molecule has 1 atom stereocenters. The van der Waals surface area contributed by atoms with E-state index in [0.29, 0.717) is 36.8 Å². The highest BCUT2D eigenvalue weighted by atomic mass is 16.5. The highest BCUT2D eigenvalue weighted by Gasteiger charge is 2.32. The van der Waals surface area contributed by atoms with E-state index in [9.17, 15) is 9.59 Å². The molecule has 4 rings (SSSR count). The number of nitrogens with one attached hydrogen (secondary N) is 1. The van der Waals surface area contributed by atoms with Gasteiger partial charge < -0.3 is 19.9 Å². The van der Waals surface area contributed by atoms with Crippen LogP contribution < -0.4 is 10.1 Å². The molecule has 0 saturated carbocycles. The maximum atomic E-state index is 13.4. The summed E-state index contributed by atoms with van der Waals surface area (Å²) in [5, 5.41) is 3.26. The lowest BCUT2D eigenvalue weighted by Gasteiger charge is -2.41. The topological polar surface area (TPSA) is 87.7 Å². The fourth-order valence-electron chi connectivity index (χ4n) is 4.30. The van der Waals surface area contributed by atoms with Crippen molar-refractivity contribution >= 4 is 23.3 Å². The number of hydrogen-bond acceptors (Lipinski definition) is 6. The van der Waals surface area contributed by atoms with Crippen molar-refractivity contribution in [1.29, 1.82) is 0 Å². The molecule has 0 radical (unpaired) electrons. The van der Waals surface area contributed by atoms with Crippen LogP contribution >= 0.6 is 0 Å². The summed E-state index contributed by atoms with van der Waals surface area (Å²) >= 11 is 0.